The lowest BCUT2D eigenvalue weighted by atomic mass is 10.0. The van der Waals surface area contributed by atoms with Crippen molar-refractivity contribution in [2.24, 2.45) is 0 Å². The molecule has 0 saturated carbocycles. The summed E-state index contributed by atoms with van der Waals surface area (Å²) in [6.07, 6.45) is 0. The summed E-state index contributed by atoms with van der Waals surface area (Å²) in [6.45, 7) is 0. The Hall–Kier alpha value is -7.93. The Balaban J connectivity index is 1.10. The van der Waals surface area contributed by atoms with Gasteiger partial charge in [0.15, 0.2) is 23.1 Å². The Bertz CT molecular complexity index is 3900. The topological polar surface area (TPSA) is 56.7 Å². The minimum absolute atomic E-state index is 0.581. The summed E-state index contributed by atoms with van der Waals surface area (Å²) in [6, 6.07) is 68.4. The van der Waals surface area contributed by atoms with Gasteiger partial charge in [0, 0.05) is 58.4 Å². The molecule has 0 N–H and O–H groups in total. The van der Waals surface area contributed by atoms with Gasteiger partial charge >= 0.3 is 0 Å². The molecule has 0 aliphatic carbocycles. The highest BCUT2D eigenvalue weighted by molar-refractivity contribution is 7.25. The first-order chi connectivity index (χ1) is 30.2. The molecule has 0 atom stereocenters. The average molecular weight is 797 g/mol. The van der Waals surface area contributed by atoms with Gasteiger partial charge < -0.3 is 8.98 Å². The highest BCUT2D eigenvalue weighted by Gasteiger charge is 2.24. The maximum Gasteiger partial charge on any atom is 0.164 e. The fraction of sp³-hybridized carbons (Fsp3) is 0. The molecule has 5 nitrogen and oxygen atoms in total. The van der Waals surface area contributed by atoms with Crippen molar-refractivity contribution >= 4 is 86.0 Å². The van der Waals surface area contributed by atoms with Crippen LogP contribution in [-0.2, 0) is 0 Å². The molecular formula is C55H32N4OS. The van der Waals surface area contributed by atoms with Gasteiger partial charge in [0.25, 0.3) is 0 Å². The van der Waals surface area contributed by atoms with Crippen molar-refractivity contribution in [2.75, 3.05) is 0 Å². The number of rotatable bonds is 5. The summed E-state index contributed by atoms with van der Waals surface area (Å²) >= 11 is 1.79. The Kier molecular flexibility index (Phi) is 7.41. The Morgan fingerprint density at radius 2 is 1.03 bits per heavy atom. The Morgan fingerprint density at radius 3 is 1.90 bits per heavy atom. The third kappa shape index (κ3) is 5.29. The van der Waals surface area contributed by atoms with Crippen LogP contribution in [0.15, 0.2) is 199 Å². The van der Waals surface area contributed by atoms with E-state index in [0.29, 0.717) is 17.5 Å². The minimum atomic E-state index is 0.581. The summed E-state index contributed by atoms with van der Waals surface area (Å²) in [5, 5.41) is 9.09. The highest BCUT2D eigenvalue weighted by atomic mass is 32.1. The van der Waals surface area contributed by atoms with Crippen LogP contribution in [0.5, 0.6) is 0 Å². The fourth-order valence-corrected chi connectivity index (χ4v) is 10.4. The first-order valence-corrected chi connectivity index (χ1v) is 21.2. The largest absolute Gasteiger partial charge is 0.454 e. The second-order valence-corrected chi connectivity index (χ2v) is 16.6. The lowest BCUT2D eigenvalue weighted by Crippen LogP contribution is -2.02. The molecule has 13 rings (SSSR count). The predicted molar refractivity (Wildman–Crippen MR) is 254 cm³/mol. The third-order valence-corrected chi connectivity index (χ3v) is 13.2. The zero-order valence-electron chi connectivity index (χ0n) is 32.6. The molecule has 0 aliphatic heterocycles. The molecule has 4 aromatic heterocycles. The number of hydrogen-bond acceptors (Lipinski definition) is 5. The molecule has 13 aromatic rings. The SMILES string of the molecule is c1ccc(-c2cccc(-c3nc(-c4cccc5sc6ccccc6c45)nc(-c4ccc(-n5c6ccccc6c6cc7ccccc7cc65)c5oc6ccccc6c45)n3)c2)cc1. The van der Waals surface area contributed by atoms with Crippen LogP contribution in [0.1, 0.15) is 0 Å². The summed E-state index contributed by atoms with van der Waals surface area (Å²) < 4.78 is 11.7. The van der Waals surface area contributed by atoms with Gasteiger partial charge in [-0.2, -0.15) is 0 Å². The first kappa shape index (κ1) is 34.0. The molecule has 284 valence electrons. The molecule has 0 spiro atoms. The van der Waals surface area contributed by atoms with Crippen LogP contribution in [0.3, 0.4) is 0 Å². The third-order valence-electron chi connectivity index (χ3n) is 12.0. The molecule has 0 unspecified atom stereocenters. The van der Waals surface area contributed by atoms with E-state index in [0.717, 1.165) is 71.9 Å². The number of hydrogen-bond donors (Lipinski definition) is 0. The van der Waals surface area contributed by atoms with Crippen molar-refractivity contribution in [3.8, 4) is 51.0 Å². The van der Waals surface area contributed by atoms with E-state index in [4.69, 9.17) is 19.4 Å². The van der Waals surface area contributed by atoms with Crippen molar-refractivity contribution in [1.82, 2.24) is 19.5 Å². The average Bonchev–Trinajstić information content (AvgIpc) is 4.01. The van der Waals surface area contributed by atoms with Crippen LogP contribution < -0.4 is 0 Å². The van der Waals surface area contributed by atoms with Crippen molar-refractivity contribution in [3.63, 3.8) is 0 Å². The number of aromatic nitrogens is 4. The van der Waals surface area contributed by atoms with Crippen molar-refractivity contribution in [2.45, 2.75) is 0 Å². The van der Waals surface area contributed by atoms with E-state index in [-0.39, 0.29) is 0 Å². The summed E-state index contributed by atoms with van der Waals surface area (Å²) in [5.41, 5.74) is 9.75. The lowest BCUT2D eigenvalue weighted by molar-refractivity contribution is 0.666. The summed E-state index contributed by atoms with van der Waals surface area (Å²) in [7, 11) is 0. The molecule has 4 heterocycles. The molecular weight excluding hydrogens is 765 g/mol. The van der Waals surface area contributed by atoms with Gasteiger partial charge in [0.2, 0.25) is 0 Å². The number of nitrogens with zero attached hydrogens (tertiary/aromatic N) is 4. The van der Waals surface area contributed by atoms with Crippen molar-refractivity contribution in [1.29, 1.82) is 0 Å². The maximum atomic E-state index is 6.95. The molecule has 0 aliphatic rings. The quantitative estimate of drug-likeness (QED) is 0.174. The van der Waals surface area contributed by atoms with Crippen LogP contribution >= 0.6 is 11.3 Å². The second kappa shape index (κ2) is 13.3. The van der Waals surface area contributed by atoms with E-state index in [9.17, 15) is 0 Å². The van der Waals surface area contributed by atoms with E-state index in [1.807, 2.05) is 18.2 Å². The molecule has 0 bridgehead atoms. The fourth-order valence-electron chi connectivity index (χ4n) is 9.27. The van der Waals surface area contributed by atoms with E-state index >= 15 is 0 Å². The number of para-hydroxylation sites is 2. The van der Waals surface area contributed by atoms with Crippen LogP contribution in [-0.4, -0.2) is 19.5 Å². The van der Waals surface area contributed by atoms with Gasteiger partial charge in [-0.1, -0.05) is 140 Å². The van der Waals surface area contributed by atoms with Gasteiger partial charge in [0.1, 0.15) is 5.58 Å². The number of furan rings is 1. The standard InChI is InChI=1S/C55H32N4OS/c1-2-14-33(15-3-1)34-18-12-19-37(30-34)53-56-54(41-23-13-27-49-50(41)40-22-8-11-26-48(40)61-49)58-55(57-53)42-28-29-45(52-51(42)39-21-7-10-25-47(39)60-52)59-44-24-9-6-20-38(44)43-31-35-16-4-5-17-36(35)32-46(43)59/h1-32H. The normalized spacial score (nSPS) is 11.9. The number of thiophene rings is 1. The summed E-state index contributed by atoms with van der Waals surface area (Å²) in [5.74, 6) is 1.81. The zero-order valence-corrected chi connectivity index (χ0v) is 33.4. The molecule has 61 heavy (non-hydrogen) atoms. The predicted octanol–water partition coefficient (Wildman–Crippen LogP) is 15.1. The second-order valence-electron chi connectivity index (χ2n) is 15.5. The Labute approximate surface area is 353 Å². The maximum absolute atomic E-state index is 6.95. The van der Waals surface area contributed by atoms with Gasteiger partial charge in [-0.15, -0.1) is 11.3 Å². The first-order valence-electron chi connectivity index (χ1n) is 20.4. The van der Waals surface area contributed by atoms with Gasteiger partial charge in [-0.25, -0.2) is 15.0 Å². The van der Waals surface area contributed by atoms with E-state index < -0.39 is 0 Å². The smallest absolute Gasteiger partial charge is 0.164 e. The minimum Gasteiger partial charge on any atom is -0.454 e. The lowest BCUT2D eigenvalue weighted by Gasteiger charge is -2.13. The molecule has 0 saturated heterocycles. The van der Waals surface area contributed by atoms with Gasteiger partial charge in [-0.3, -0.25) is 0 Å². The van der Waals surface area contributed by atoms with Crippen LogP contribution in [0.2, 0.25) is 0 Å². The number of fused-ring (bicyclic) bond motifs is 10. The van der Waals surface area contributed by atoms with Crippen LogP contribution in [0.25, 0.3) is 126 Å². The molecule has 0 fully saturated rings. The molecule has 0 amide bonds. The zero-order chi connectivity index (χ0) is 40.0. The van der Waals surface area contributed by atoms with Crippen molar-refractivity contribution < 1.29 is 4.42 Å². The van der Waals surface area contributed by atoms with Crippen LogP contribution in [0.4, 0.5) is 0 Å². The van der Waals surface area contributed by atoms with E-state index in [2.05, 4.69) is 180 Å². The highest BCUT2D eigenvalue weighted by Crippen LogP contribution is 2.44. The van der Waals surface area contributed by atoms with E-state index in [1.54, 1.807) is 11.3 Å². The van der Waals surface area contributed by atoms with Gasteiger partial charge in [-0.05, 0) is 76.5 Å². The van der Waals surface area contributed by atoms with E-state index in [1.165, 1.54) is 36.3 Å². The number of benzene rings is 9. The Morgan fingerprint density at radius 1 is 0.393 bits per heavy atom. The summed E-state index contributed by atoms with van der Waals surface area (Å²) in [4.78, 5) is 16.1. The molecule has 6 heteroatoms. The molecule has 9 aromatic carbocycles. The molecule has 0 radical (unpaired) electrons. The van der Waals surface area contributed by atoms with Crippen molar-refractivity contribution in [3.05, 3.63) is 194 Å². The van der Waals surface area contributed by atoms with Gasteiger partial charge in [0.05, 0.1) is 16.7 Å². The van der Waals surface area contributed by atoms with Crippen LogP contribution in [0, 0.1) is 0 Å². The monoisotopic (exact) mass is 796 g/mol.